The first-order valence-electron chi connectivity index (χ1n) is 10.3. The van der Waals surface area contributed by atoms with Crippen LogP contribution in [0.5, 0.6) is 28.7 Å². The number of phenolic OH excluding ortho intramolecular Hbond substituents is 1. The molecule has 0 fully saturated rings. The predicted octanol–water partition coefficient (Wildman–Crippen LogP) is 4.66. The van der Waals surface area contributed by atoms with Gasteiger partial charge in [-0.3, -0.25) is 0 Å². The van der Waals surface area contributed by atoms with Gasteiger partial charge in [-0.2, -0.15) is 5.10 Å². The van der Waals surface area contributed by atoms with Crippen molar-refractivity contribution in [3.63, 3.8) is 0 Å². The van der Waals surface area contributed by atoms with Crippen molar-refractivity contribution in [2.24, 2.45) is 5.10 Å². The molecular weight excluding hydrogens is 408 g/mol. The van der Waals surface area contributed by atoms with Gasteiger partial charge in [0.2, 0.25) is 6.23 Å². The number of fused-ring (bicyclic) bond motifs is 3. The molecule has 5 rings (SSSR count). The zero-order chi connectivity index (χ0) is 22.2. The molecule has 3 aromatic carbocycles. The minimum absolute atomic E-state index is 0.0441. The first-order valence-corrected chi connectivity index (χ1v) is 10.3. The Kier molecular flexibility index (Phi) is 5.01. The van der Waals surface area contributed by atoms with Crippen LogP contribution in [0.1, 0.15) is 35.4 Å². The molecule has 2 aliphatic rings. The zero-order valence-electron chi connectivity index (χ0n) is 18.1. The fraction of sp³-hybridized carbons (Fsp3) is 0.240. The van der Waals surface area contributed by atoms with Crippen LogP contribution in [0.4, 0.5) is 0 Å². The summed E-state index contributed by atoms with van der Waals surface area (Å²) in [6.07, 6.45) is 0.122. The average molecular weight is 432 g/mol. The molecule has 0 spiro atoms. The van der Waals surface area contributed by atoms with E-state index in [-0.39, 0.29) is 11.8 Å². The van der Waals surface area contributed by atoms with E-state index in [1.54, 1.807) is 33.5 Å². The van der Waals surface area contributed by atoms with E-state index in [9.17, 15) is 5.11 Å². The first-order chi connectivity index (χ1) is 15.6. The number of hydrazone groups is 1. The van der Waals surface area contributed by atoms with Gasteiger partial charge < -0.3 is 24.1 Å². The number of ether oxygens (including phenoxy) is 4. The maximum Gasteiger partial charge on any atom is 0.217 e. The highest BCUT2D eigenvalue weighted by atomic mass is 16.5. The van der Waals surface area contributed by atoms with Crippen molar-refractivity contribution >= 4 is 5.71 Å². The molecule has 0 bridgehead atoms. The minimum Gasteiger partial charge on any atom is -0.507 e. The lowest BCUT2D eigenvalue weighted by Crippen LogP contribution is -2.33. The Balaban J connectivity index is 1.62. The Morgan fingerprint density at radius 3 is 2.44 bits per heavy atom. The van der Waals surface area contributed by atoms with E-state index in [1.807, 2.05) is 47.5 Å². The van der Waals surface area contributed by atoms with Crippen molar-refractivity contribution in [1.82, 2.24) is 5.01 Å². The first kappa shape index (κ1) is 20.1. The standard InChI is InChI=1S/C25H24N2O5/c1-29-15-9-11-22(28)19(12-15)20-14-21-17-6-4-5-7-23(17)32-25(27(21)26-20)18-10-8-16(30-2)13-24(18)31-3/h4-13,21,25,28H,14H2,1-3H3/t21-,25-/m1/s1. The number of phenols is 1. The second-order valence-corrected chi connectivity index (χ2v) is 7.65. The molecule has 32 heavy (non-hydrogen) atoms. The van der Waals surface area contributed by atoms with Gasteiger partial charge in [-0.05, 0) is 36.4 Å². The van der Waals surface area contributed by atoms with Crippen molar-refractivity contribution in [3.8, 4) is 28.7 Å². The van der Waals surface area contributed by atoms with Crippen LogP contribution in [0.3, 0.4) is 0 Å². The molecule has 2 heterocycles. The summed E-state index contributed by atoms with van der Waals surface area (Å²) in [6, 6.07) is 18.7. The third-order valence-corrected chi connectivity index (χ3v) is 5.92. The van der Waals surface area contributed by atoms with Crippen LogP contribution in [0.15, 0.2) is 65.8 Å². The molecule has 3 aromatic rings. The van der Waals surface area contributed by atoms with Crippen LogP contribution in [-0.2, 0) is 0 Å². The summed E-state index contributed by atoms with van der Waals surface area (Å²) in [6.45, 7) is 0. The molecule has 0 saturated heterocycles. The molecule has 0 amide bonds. The second-order valence-electron chi connectivity index (χ2n) is 7.65. The number of hydrogen-bond donors (Lipinski definition) is 1. The number of nitrogens with zero attached hydrogens (tertiary/aromatic N) is 2. The highest BCUT2D eigenvalue weighted by Gasteiger charge is 2.42. The normalized spacial score (nSPS) is 18.8. The van der Waals surface area contributed by atoms with Gasteiger partial charge in [0.1, 0.15) is 28.7 Å². The number of hydrogen-bond acceptors (Lipinski definition) is 7. The van der Waals surface area contributed by atoms with E-state index in [0.29, 0.717) is 29.2 Å². The predicted molar refractivity (Wildman–Crippen MR) is 120 cm³/mol. The quantitative estimate of drug-likeness (QED) is 0.632. The largest absolute Gasteiger partial charge is 0.507 e. The number of methoxy groups -OCH3 is 3. The van der Waals surface area contributed by atoms with E-state index in [0.717, 1.165) is 22.6 Å². The maximum absolute atomic E-state index is 10.5. The van der Waals surface area contributed by atoms with Gasteiger partial charge in [0.05, 0.1) is 38.6 Å². The maximum atomic E-state index is 10.5. The number of para-hydroxylation sites is 1. The number of rotatable bonds is 5. The third-order valence-electron chi connectivity index (χ3n) is 5.92. The van der Waals surface area contributed by atoms with Gasteiger partial charge in [-0.25, -0.2) is 5.01 Å². The summed E-state index contributed by atoms with van der Waals surface area (Å²) < 4.78 is 22.8. The summed E-state index contributed by atoms with van der Waals surface area (Å²) in [5, 5.41) is 17.4. The monoisotopic (exact) mass is 432 g/mol. The lowest BCUT2D eigenvalue weighted by atomic mass is 9.95. The Hall–Kier alpha value is -3.87. The van der Waals surface area contributed by atoms with Crippen LogP contribution in [0.2, 0.25) is 0 Å². The Labute approximate surface area is 186 Å². The lowest BCUT2D eigenvalue weighted by Gasteiger charge is -2.38. The average Bonchev–Trinajstić information content (AvgIpc) is 3.29. The molecule has 164 valence electrons. The van der Waals surface area contributed by atoms with Crippen LogP contribution in [-0.4, -0.2) is 37.2 Å². The smallest absolute Gasteiger partial charge is 0.217 e. The van der Waals surface area contributed by atoms with E-state index < -0.39 is 6.23 Å². The summed E-state index contributed by atoms with van der Waals surface area (Å²) in [5.74, 6) is 2.99. The highest BCUT2D eigenvalue weighted by Crippen LogP contribution is 2.49. The molecule has 0 aliphatic carbocycles. The van der Waals surface area contributed by atoms with Gasteiger partial charge in [0.15, 0.2) is 0 Å². The van der Waals surface area contributed by atoms with E-state index in [2.05, 4.69) is 6.07 Å². The molecular formula is C25H24N2O5. The number of benzene rings is 3. The summed E-state index contributed by atoms with van der Waals surface area (Å²) in [5.41, 5.74) is 3.31. The van der Waals surface area contributed by atoms with Crippen molar-refractivity contribution < 1.29 is 24.1 Å². The molecule has 7 nitrogen and oxygen atoms in total. The molecule has 1 N–H and O–H groups in total. The highest BCUT2D eigenvalue weighted by molar-refractivity contribution is 6.04. The van der Waals surface area contributed by atoms with E-state index >= 15 is 0 Å². The minimum atomic E-state index is -0.499. The van der Waals surface area contributed by atoms with Crippen LogP contribution in [0.25, 0.3) is 0 Å². The van der Waals surface area contributed by atoms with E-state index in [1.165, 1.54) is 0 Å². The third kappa shape index (κ3) is 3.26. The number of aromatic hydroxyl groups is 1. The Morgan fingerprint density at radius 1 is 0.906 bits per heavy atom. The summed E-state index contributed by atoms with van der Waals surface area (Å²) >= 11 is 0. The van der Waals surface area contributed by atoms with Gasteiger partial charge in [-0.1, -0.05) is 18.2 Å². The molecule has 0 aromatic heterocycles. The lowest BCUT2D eigenvalue weighted by molar-refractivity contribution is -0.0203. The summed E-state index contributed by atoms with van der Waals surface area (Å²) in [7, 11) is 4.85. The van der Waals surface area contributed by atoms with Gasteiger partial charge >= 0.3 is 0 Å². The van der Waals surface area contributed by atoms with Crippen LogP contribution in [0, 0.1) is 0 Å². The van der Waals surface area contributed by atoms with Crippen molar-refractivity contribution in [3.05, 3.63) is 77.4 Å². The van der Waals surface area contributed by atoms with Crippen molar-refractivity contribution in [1.29, 1.82) is 0 Å². The zero-order valence-corrected chi connectivity index (χ0v) is 18.1. The SMILES string of the molecule is COc1ccc([C@H]2Oc3ccccc3[C@H]3CC(c4cc(OC)ccc4O)=NN32)c(OC)c1. The van der Waals surface area contributed by atoms with Crippen LogP contribution >= 0.6 is 0 Å². The molecule has 0 unspecified atom stereocenters. The Bertz CT molecular complexity index is 1190. The van der Waals surface area contributed by atoms with Crippen LogP contribution < -0.4 is 18.9 Å². The van der Waals surface area contributed by atoms with E-state index in [4.69, 9.17) is 24.0 Å². The fourth-order valence-electron chi connectivity index (χ4n) is 4.30. The molecule has 0 radical (unpaired) electrons. The Morgan fingerprint density at radius 2 is 1.66 bits per heavy atom. The molecule has 2 aliphatic heterocycles. The van der Waals surface area contributed by atoms with Crippen molar-refractivity contribution in [2.45, 2.75) is 18.7 Å². The van der Waals surface area contributed by atoms with Gasteiger partial charge in [-0.15, -0.1) is 0 Å². The van der Waals surface area contributed by atoms with Gasteiger partial charge in [0, 0.05) is 23.6 Å². The molecule has 0 saturated carbocycles. The summed E-state index contributed by atoms with van der Waals surface area (Å²) in [4.78, 5) is 0. The van der Waals surface area contributed by atoms with Crippen molar-refractivity contribution in [2.75, 3.05) is 21.3 Å². The van der Waals surface area contributed by atoms with Gasteiger partial charge in [0.25, 0.3) is 0 Å². The second kappa shape index (κ2) is 8.00. The molecule has 2 atom stereocenters. The fourth-order valence-corrected chi connectivity index (χ4v) is 4.30. The topological polar surface area (TPSA) is 72.8 Å². The molecule has 7 heteroatoms.